The highest BCUT2D eigenvalue weighted by Gasteiger charge is 2.33. The van der Waals surface area contributed by atoms with Gasteiger partial charge in [-0.2, -0.15) is 0 Å². The van der Waals surface area contributed by atoms with E-state index in [-0.39, 0.29) is 0 Å². The minimum absolute atomic E-state index is 0.365. The predicted octanol–water partition coefficient (Wildman–Crippen LogP) is 3.10. The van der Waals surface area contributed by atoms with Crippen LogP contribution in [0, 0.1) is 0 Å². The van der Waals surface area contributed by atoms with Gasteiger partial charge < -0.3 is 15.0 Å². The Hall–Kier alpha value is -0.580. The maximum Gasteiger partial charge on any atom is 0.0755 e. The lowest BCUT2D eigenvalue weighted by molar-refractivity contribution is 0.0305. The molecule has 1 aromatic carbocycles. The van der Waals surface area contributed by atoms with E-state index in [4.69, 9.17) is 4.74 Å². The van der Waals surface area contributed by atoms with Crippen LogP contribution in [0.15, 0.2) is 22.7 Å². The topological polar surface area (TPSA) is 24.5 Å². The third-order valence-corrected chi connectivity index (χ3v) is 4.98. The van der Waals surface area contributed by atoms with Crippen LogP contribution < -0.4 is 10.2 Å². The maximum atomic E-state index is 5.90. The Morgan fingerprint density at radius 2 is 2.00 bits per heavy atom. The summed E-state index contributed by atoms with van der Waals surface area (Å²) in [5.74, 6) is 0. The zero-order valence-electron chi connectivity index (χ0n) is 11.5. The van der Waals surface area contributed by atoms with E-state index in [1.807, 2.05) is 7.05 Å². The summed E-state index contributed by atoms with van der Waals surface area (Å²) in [5.41, 5.74) is 2.61. The van der Waals surface area contributed by atoms with Crippen molar-refractivity contribution in [2.45, 2.75) is 38.0 Å². The van der Waals surface area contributed by atoms with Gasteiger partial charge in [0.25, 0.3) is 0 Å². The van der Waals surface area contributed by atoms with E-state index in [0.29, 0.717) is 18.2 Å². The molecule has 4 heteroatoms. The van der Waals surface area contributed by atoms with Gasteiger partial charge in [0.15, 0.2) is 0 Å². The second-order valence-electron chi connectivity index (χ2n) is 5.58. The van der Waals surface area contributed by atoms with Gasteiger partial charge in [-0.1, -0.05) is 22.0 Å². The first-order chi connectivity index (χ1) is 9.17. The van der Waals surface area contributed by atoms with Crippen LogP contribution in [0.1, 0.15) is 31.4 Å². The van der Waals surface area contributed by atoms with Crippen molar-refractivity contribution < 1.29 is 4.74 Å². The molecule has 0 amide bonds. The fraction of sp³-hybridized carbons (Fsp3) is 0.600. The Balaban J connectivity index is 1.80. The molecule has 19 heavy (non-hydrogen) atoms. The van der Waals surface area contributed by atoms with E-state index in [9.17, 15) is 0 Å². The molecule has 3 atom stereocenters. The van der Waals surface area contributed by atoms with Crippen LogP contribution in [-0.4, -0.2) is 32.3 Å². The van der Waals surface area contributed by atoms with Crippen molar-refractivity contribution in [1.82, 2.24) is 5.32 Å². The fourth-order valence-corrected chi connectivity index (χ4v) is 3.76. The van der Waals surface area contributed by atoms with Crippen molar-refractivity contribution in [3.8, 4) is 0 Å². The molecule has 3 rings (SSSR count). The van der Waals surface area contributed by atoms with E-state index in [0.717, 1.165) is 13.1 Å². The van der Waals surface area contributed by atoms with Gasteiger partial charge in [0.1, 0.15) is 0 Å². The van der Waals surface area contributed by atoms with Crippen molar-refractivity contribution >= 4 is 21.6 Å². The van der Waals surface area contributed by atoms with Crippen molar-refractivity contribution in [2.75, 3.05) is 25.0 Å². The second-order valence-corrected chi connectivity index (χ2v) is 6.43. The monoisotopic (exact) mass is 324 g/mol. The van der Waals surface area contributed by atoms with E-state index in [1.54, 1.807) is 0 Å². The number of nitrogens with zero attached hydrogens (tertiary/aromatic N) is 1. The molecular weight excluding hydrogens is 304 g/mol. The van der Waals surface area contributed by atoms with Gasteiger partial charge in [0, 0.05) is 29.3 Å². The number of hydrogen-bond donors (Lipinski definition) is 1. The minimum atomic E-state index is 0.365. The third kappa shape index (κ3) is 2.67. The molecule has 3 unspecified atom stereocenters. The lowest BCUT2D eigenvalue weighted by Crippen LogP contribution is -2.42. The molecular formula is C15H21BrN2O. The van der Waals surface area contributed by atoms with Crippen LogP contribution in [0.3, 0.4) is 0 Å². The minimum Gasteiger partial charge on any atom is -0.371 e. The van der Waals surface area contributed by atoms with Crippen LogP contribution >= 0.6 is 15.9 Å². The molecule has 2 saturated heterocycles. The van der Waals surface area contributed by atoms with E-state index in [1.165, 1.54) is 28.6 Å². The van der Waals surface area contributed by atoms with Crippen molar-refractivity contribution in [2.24, 2.45) is 0 Å². The molecule has 1 aromatic rings. The Labute approximate surface area is 123 Å². The van der Waals surface area contributed by atoms with Gasteiger partial charge >= 0.3 is 0 Å². The molecule has 1 N–H and O–H groups in total. The average Bonchev–Trinajstić information content (AvgIpc) is 2.76. The Morgan fingerprint density at radius 3 is 2.58 bits per heavy atom. The van der Waals surface area contributed by atoms with E-state index >= 15 is 0 Å². The fourth-order valence-electron chi connectivity index (χ4n) is 3.05. The van der Waals surface area contributed by atoms with Gasteiger partial charge in [-0.05, 0) is 44.5 Å². The van der Waals surface area contributed by atoms with Crippen LogP contribution in [0.2, 0.25) is 0 Å². The lowest BCUT2D eigenvalue weighted by atomic mass is 10.1. The number of benzene rings is 1. The number of morpholine rings is 1. The summed E-state index contributed by atoms with van der Waals surface area (Å²) in [6.07, 6.45) is 3.32. The number of anilines is 1. The van der Waals surface area contributed by atoms with E-state index in [2.05, 4.69) is 51.3 Å². The van der Waals surface area contributed by atoms with Crippen LogP contribution in [0.25, 0.3) is 0 Å². The normalized spacial score (nSPS) is 27.6. The highest BCUT2D eigenvalue weighted by molar-refractivity contribution is 9.10. The Kier molecular flexibility index (Phi) is 3.83. The highest BCUT2D eigenvalue weighted by atomic mass is 79.9. The molecule has 2 fully saturated rings. The van der Waals surface area contributed by atoms with Gasteiger partial charge in [0.2, 0.25) is 0 Å². The summed E-state index contributed by atoms with van der Waals surface area (Å²) in [7, 11) is 1.99. The Bertz CT molecular complexity index is 453. The predicted molar refractivity (Wildman–Crippen MR) is 81.7 cm³/mol. The Morgan fingerprint density at radius 1 is 1.32 bits per heavy atom. The number of hydrogen-bond acceptors (Lipinski definition) is 3. The molecule has 0 aromatic heterocycles. The molecule has 2 bridgehead atoms. The number of nitrogens with one attached hydrogen (secondary N) is 1. The first-order valence-electron chi connectivity index (χ1n) is 7.04. The van der Waals surface area contributed by atoms with Crippen LogP contribution in [0.4, 0.5) is 5.69 Å². The smallest absolute Gasteiger partial charge is 0.0755 e. The van der Waals surface area contributed by atoms with Crippen molar-refractivity contribution in [3.63, 3.8) is 0 Å². The third-order valence-electron chi connectivity index (χ3n) is 4.29. The first-order valence-corrected chi connectivity index (χ1v) is 7.84. The summed E-state index contributed by atoms with van der Waals surface area (Å²) in [5, 5.41) is 3.28. The molecule has 0 radical (unpaired) electrons. The average molecular weight is 325 g/mol. The van der Waals surface area contributed by atoms with Crippen molar-refractivity contribution in [3.05, 3.63) is 28.2 Å². The number of halogens is 1. The molecule has 3 nitrogen and oxygen atoms in total. The van der Waals surface area contributed by atoms with Crippen LogP contribution in [0.5, 0.6) is 0 Å². The molecule has 0 aliphatic carbocycles. The lowest BCUT2D eigenvalue weighted by Gasteiger charge is -2.34. The van der Waals surface area contributed by atoms with Gasteiger partial charge in [-0.3, -0.25) is 0 Å². The second kappa shape index (κ2) is 5.43. The zero-order chi connectivity index (χ0) is 13.4. The molecule has 2 aliphatic heterocycles. The number of fused-ring (bicyclic) bond motifs is 2. The van der Waals surface area contributed by atoms with E-state index < -0.39 is 0 Å². The SMILES string of the molecule is CNC(C)c1ccc(N2CC3CCC(C2)O3)cc1Br. The number of ether oxygens (including phenoxy) is 1. The number of rotatable bonds is 3. The zero-order valence-corrected chi connectivity index (χ0v) is 13.1. The van der Waals surface area contributed by atoms with Gasteiger partial charge in [-0.25, -0.2) is 0 Å². The maximum absolute atomic E-state index is 5.90. The molecule has 2 aliphatic rings. The molecule has 0 spiro atoms. The summed E-state index contributed by atoms with van der Waals surface area (Å²) >= 11 is 3.70. The molecule has 0 saturated carbocycles. The standard InChI is InChI=1S/C15H21BrN2O/c1-10(17-2)14-6-3-11(7-15(14)16)18-8-12-4-5-13(9-18)19-12/h3,6-7,10,12-13,17H,4-5,8-9H2,1-2H3. The summed E-state index contributed by atoms with van der Waals surface area (Å²) in [6, 6.07) is 7.06. The van der Waals surface area contributed by atoms with Crippen molar-refractivity contribution in [1.29, 1.82) is 0 Å². The summed E-state index contributed by atoms with van der Waals surface area (Å²) < 4.78 is 7.08. The highest BCUT2D eigenvalue weighted by Crippen LogP contribution is 2.33. The molecule has 104 valence electrons. The summed E-state index contributed by atoms with van der Waals surface area (Å²) in [4.78, 5) is 2.46. The van der Waals surface area contributed by atoms with Gasteiger partial charge in [0.05, 0.1) is 12.2 Å². The molecule has 2 heterocycles. The largest absolute Gasteiger partial charge is 0.371 e. The van der Waals surface area contributed by atoms with Gasteiger partial charge in [-0.15, -0.1) is 0 Å². The summed E-state index contributed by atoms with van der Waals surface area (Å²) in [6.45, 7) is 4.24. The first kappa shape index (κ1) is 13.4. The quantitative estimate of drug-likeness (QED) is 0.924. The van der Waals surface area contributed by atoms with Crippen LogP contribution in [-0.2, 0) is 4.74 Å².